The van der Waals surface area contributed by atoms with Gasteiger partial charge in [0, 0.05) is 73.8 Å². The van der Waals surface area contributed by atoms with E-state index in [2.05, 4.69) is 96.3 Å². The van der Waals surface area contributed by atoms with Crippen LogP contribution in [0.25, 0.3) is 33.3 Å². The van der Waals surface area contributed by atoms with Gasteiger partial charge in [-0.1, -0.05) is 63.9 Å². The van der Waals surface area contributed by atoms with Gasteiger partial charge in [0.05, 0.1) is 48.3 Å². The summed E-state index contributed by atoms with van der Waals surface area (Å²) in [6.07, 6.45) is 5.56. The van der Waals surface area contributed by atoms with Crippen molar-refractivity contribution >= 4 is 34.6 Å². The monoisotopic (exact) mass is 956 g/mol. The number of esters is 1. The molecular weight excluding hydrogens is 883 g/mol. The molecule has 1 unspecified atom stereocenters. The van der Waals surface area contributed by atoms with Crippen molar-refractivity contribution in [2.45, 2.75) is 136 Å². The van der Waals surface area contributed by atoms with Crippen LogP contribution >= 0.6 is 0 Å². The quantitative estimate of drug-likeness (QED) is 0.111. The standard InChI is InChI=1S/C56H73N7O7/c1-11-62-48-22-19-39-29-43(48)44(51(62)42-17-13-25-57-50(42)36(4)68-10)30-55(5,6)34-70-54(67)46-18-14-26-63(59-46)53(66)47(28-37-15-12-16-38(39)27-37)58-52(65)45(35(2)3)33-69-41-31-61(32-41)49(64)23-24-56(7,8)60(9)40-20-21-40/h12-13,15-17,19,22,25,27,29,35-36,40-41,45-47,59H,11,14,18,20-21,26,28,30-34H2,1-10H3,(H,58,65)/t36-,45-,46?,47-/m0/s1. The second kappa shape index (κ2) is 21.0. The summed E-state index contributed by atoms with van der Waals surface area (Å²) in [4.78, 5) is 64.8. The van der Waals surface area contributed by atoms with E-state index >= 15 is 0 Å². The maximum absolute atomic E-state index is 14.7. The Morgan fingerprint density at radius 2 is 1.80 bits per heavy atom. The highest BCUT2D eigenvalue weighted by atomic mass is 16.5. The number of aryl methyl sites for hydroxylation is 1. The molecule has 0 spiro atoms. The molecule has 4 atom stereocenters. The lowest BCUT2D eigenvalue weighted by Crippen LogP contribution is -2.61. The number of fused-ring (bicyclic) bond motifs is 6. The number of hydrogen-bond donors (Lipinski definition) is 2. The number of benzene rings is 2. The van der Waals surface area contributed by atoms with E-state index in [9.17, 15) is 19.2 Å². The molecule has 70 heavy (non-hydrogen) atoms. The zero-order valence-corrected chi connectivity index (χ0v) is 42.9. The third-order valence-electron chi connectivity index (χ3n) is 14.9. The summed E-state index contributed by atoms with van der Waals surface area (Å²) in [7, 11) is 3.76. The van der Waals surface area contributed by atoms with Crippen LogP contribution in [0.2, 0.25) is 0 Å². The molecule has 2 N–H and O–H groups in total. The van der Waals surface area contributed by atoms with Crippen LogP contribution in [-0.2, 0) is 52.8 Å². The number of carbonyl (C=O) groups is 4. The van der Waals surface area contributed by atoms with E-state index in [1.807, 2.05) is 52.8 Å². The predicted molar refractivity (Wildman–Crippen MR) is 271 cm³/mol. The molecule has 5 heterocycles. The summed E-state index contributed by atoms with van der Waals surface area (Å²) in [5, 5.41) is 5.72. The fourth-order valence-corrected chi connectivity index (χ4v) is 10.1. The van der Waals surface area contributed by atoms with Gasteiger partial charge in [0.2, 0.25) is 5.91 Å². The molecule has 14 nitrogen and oxygen atoms in total. The molecule has 1 aliphatic carbocycles. The Hall–Kier alpha value is -5.59. The molecule has 374 valence electrons. The van der Waals surface area contributed by atoms with E-state index in [0.717, 1.165) is 62.9 Å². The summed E-state index contributed by atoms with van der Waals surface area (Å²) in [6.45, 7) is 18.6. The van der Waals surface area contributed by atoms with Gasteiger partial charge < -0.3 is 29.0 Å². The topological polar surface area (TPSA) is 148 Å². The van der Waals surface area contributed by atoms with Crippen LogP contribution in [-0.4, -0.2) is 125 Å². The van der Waals surface area contributed by atoms with E-state index in [1.54, 1.807) is 18.2 Å². The summed E-state index contributed by atoms with van der Waals surface area (Å²) in [5.74, 6) is 4.06. The van der Waals surface area contributed by atoms with E-state index in [0.29, 0.717) is 51.5 Å². The molecule has 6 bridgehead atoms. The first-order valence-electron chi connectivity index (χ1n) is 25.3. The summed E-state index contributed by atoms with van der Waals surface area (Å²) in [6, 6.07) is 17.6. The van der Waals surface area contributed by atoms with Gasteiger partial charge in [-0.2, -0.15) is 0 Å². The molecule has 14 heteroatoms. The summed E-state index contributed by atoms with van der Waals surface area (Å²) in [5.41, 5.74) is 10.3. The zero-order chi connectivity index (χ0) is 50.1. The Kier molecular flexibility index (Phi) is 15.2. The molecule has 1 saturated carbocycles. The molecule has 8 rings (SSSR count). The van der Waals surface area contributed by atoms with E-state index in [1.165, 1.54) is 5.01 Å². The Morgan fingerprint density at radius 1 is 1.04 bits per heavy atom. The number of hydrogen-bond acceptors (Lipinski definition) is 10. The molecule has 2 aromatic carbocycles. The van der Waals surface area contributed by atoms with E-state index in [4.69, 9.17) is 19.2 Å². The molecule has 0 radical (unpaired) electrons. The maximum atomic E-state index is 14.7. The minimum Gasteiger partial charge on any atom is -0.464 e. The van der Waals surface area contributed by atoms with Gasteiger partial charge in [0.15, 0.2) is 0 Å². The second-order valence-corrected chi connectivity index (χ2v) is 21.5. The fraction of sp³-hybridized carbons (Fsp3) is 0.554. The highest BCUT2D eigenvalue weighted by Gasteiger charge is 2.39. The first-order chi connectivity index (χ1) is 33.4. The molecule has 3 amide bonds. The predicted octanol–water partition coefficient (Wildman–Crippen LogP) is 7.12. The van der Waals surface area contributed by atoms with Gasteiger partial charge in [0.1, 0.15) is 12.1 Å². The van der Waals surface area contributed by atoms with E-state index in [-0.39, 0.29) is 55.5 Å². The third-order valence-corrected chi connectivity index (χ3v) is 14.9. The number of amides is 3. The van der Waals surface area contributed by atoms with Crippen LogP contribution < -0.4 is 10.7 Å². The van der Waals surface area contributed by atoms with Gasteiger partial charge in [-0.05, 0) is 125 Å². The van der Waals surface area contributed by atoms with Crippen molar-refractivity contribution in [3.05, 3.63) is 77.6 Å². The highest BCUT2D eigenvalue weighted by Crippen LogP contribution is 2.42. The molecule has 2 aromatic heterocycles. The number of carbonyl (C=O) groups excluding carboxylic acids is 4. The van der Waals surface area contributed by atoms with Crippen molar-refractivity contribution < 1.29 is 33.4 Å². The molecule has 2 saturated heterocycles. The number of aromatic nitrogens is 2. The largest absolute Gasteiger partial charge is 0.464 e. The van der Waals surface area contributed by atoms with Crippen LogP contribution in [0.3, 0.4) is 0 Å². The summed E-state index contributed by atoms with van der Waals surface area (Å²) < 4.78 is 20.6. The maximum Gasteiger partial charge on any atom is 0.324 e. The van der Waals surface area contributed by atoms with Gasteiger partial charge in [0.25, 0.3) is 11.8 Å². The molecular formula is C56H73N7O7. The van der Waals surface area contributed by atoms with Crippen LogP contribution in [0.4, 0.5) is 0 Å². The third kappa shape index (κ3) is 11.1. The SMILES string of the molecule is CCn1c(-c2cccnc2[C@H](C)OC)c2c3cc(ccc31)-c1cccc(c1)C[C@H](NC(=O)[C@@H](COC1CN(C(=O)C#CC(C)(C)N(C)C3CC3)C1)C(C)C)C(=O)N1CCCC(N1)C(=O)OCC(C)(C)C2. The lowest BCUT2D eigenvalue weighted by atomic mass is 9.84. The first kappa shape index (κ1) is 50.8. The Bertz CT molecular complexity index is 2650. The van der Waals surface area contributed by atoms with Crippen LogP contribution in [0.5, 0.6) is 0 Å². The smallest absolute Gasteiger partial charge is 0.324 e. The number of nitrogens with one attached hydrogen (secondary N) is 2. The van der Waals surface area contributed by atoms with Gasteiger partial charge >= 0.3 is 5.97 Å². The van der Waals surface area contributed by atoms with Crippen molar-refractivity contribution in [2.75, 3.05) is 47.0 Å². The van der Waals surface area contributed by atoms with Crippen molar-refractivity contribution in [1.29, 1.82) is 0 Å². The minimum atomic E-state index is -0.957. The average Bonchev–Trinajstić information content (AvgIpc) is 4.14. The normalized spacial score (nSPS) is 20.9. The van der Waals surface area contributed by atoms with Crippen molar-refractivity contribution in [3.8, 4) is 34.2 Å². The Morgan fingerprint density at radius 3 is 2.51 bits per heavy atom. The number of likely N-dealkylation sites (tertiary alicyclic amines) is 1. The lowest BCUT2D eigenvalue weighted by Gasteiger charge is -2.39. The van der Waals surface area contributed by atoms with Crippen molar-refractivity contribution in [2.24, 2.45) is 17.3 Å². The van der Waals surface area contributed by atoms with Gasteiger partial charge in [-0.3, -0.25) is 34.1 Å². The molecule has 3 fully saturated rings. The minimum absolute atomic E-state index is 0.112. The van der Waals surface area contributed by atoms with Crippen molar-refractivity contribution in [1.82, 2.24) is 35.1 Å². The number of hydrazine groups is 1. The lowest BCUT2D eigenvalue weighted by molar-refractivity contribution is -0.155. The number of nitrogens with zero attached hydrogens (tertiary/aromatic N) is 5. The van der Waals surface area contributed by atoms with Crippen LogP contribution in [0, 0.1) is 29.1 Å². The Balaban J connectivity index is 1.07. The van der Waals surface area contributed by atoms with E-state index < -0.39 is 34.9 Å². The molecule has 4 aromatic rings. The first-order valence-corrected chi connectivity index (χ1v) is 25.3. The molecule has 3 aliphatic heterocycles. The van der Waals surface area contributed by atoms with Crippen LogP contribution in [0.1, 0.15) is 104 Å². The number of cyclic esters (lactones) is 1. The number of pyridine rings is 1. The fourth-order valence-electron chi connectivity index (χ4n) is 10.1. The van der Waals surface area contributed by atoms with Crippen LogP contribution in [0.15, 0.2) is 60.8 Å². The van der Waals surface area contributed by atoms with Gasteiger partial charge in [-0.25, -0.2) is 5.43 Å². The highest BCUT2D eigenvalue weighted by molar-refractivity contribution is 5.96. The number of methoxy groups -OCH3 is 1. The Labute approximate surface area is 414 Å². The number of rotatable bonds is 12. The number of ether oxygens (including phenoxy) is 3. The average molecular weight is 956 g/mol. The summed E-state index contributed by atoms with van der Waals surface area (Å²) >= 11 is 0. The second-order valence-electron chi connectivity index (χ2n) is 21.5. The molecule has 4 aliphatic rings. The van der Waals surface area contributed by atoms with Gasteiger partial charge in [-0.15, -0.1) is 0 Å². The zero-order valence-electron chi connectivity index (χ0n) is 42.9. The van der Waals surface area contributed by atoms with Crippen molar-refractivity contribution in [3.63, 3.8) is 0 Å².